The Kier molecular flexibility index (Phi) is 4.47. The van der Waals surface area contributed by atoms with Gasteiger partial charge in [0.15, 0.2) is 0 Å². The van der Waals surface area contributed by atoms with E-state index in [-0.39, 0.29) is 23.0 Å². The van der Waals surface area contributed by atoms with Gasteiger partial charge in [0.05, 0.1) is 23.8 Å². The lowest BCUT2D eigenvalue weighted by molar-refractivity contribution is -0.155. The summed E-state index contributed by atoms with van der Waals surface area (Å²) in [4.78, 5) is 8.88. The van der Waals surface area contributed by atoms with E-state index in [4.69, 9.17) is 4.74 Å². The number of ether oxygens (including phenoxy) is 1. The summed E-state index contributed by atoms with van der Waals surface area (Å²) in [7, 11) is 0. The van der Waals surface area contributed by atoms with Gasteiger partial charge in [0.1, 0.15) is 17.5 Å². The number of H-pyrrole nitrogens is 1. The monoisotopic (exact) mass is 443 g/mol. The van der Waals surface area contributed by atoms with Crippen LogP contribution in [0.5, 0.6) is 5.88 Å². The van der Waals surface area contributed by atoms with Crippen LogP contribution in [0.4, 0.5) is 13.2 Å². The molecule has 2 aromatic heterocycles. The molecule has 3 aromatic rings. The Morgan fingerprint density at radius 2 is 1.97 bits per heavy atom. The summed E-state index contributed by atoms with van der Waals surface area (Å²) in [6.07, 6.45) is 3.60. The average Bonchev–Trinajstić information content (AvgIpc) is 3.69. The molecule has 168 valence electrons. The number of hydrogen-bond acceptors (Lipinski definition) is 5. The summed E-state index contributed by atoms with van der Waals surface area (Å²) in [5, 5.41) is 11.2. The van der Waals surface area contributed by atoms with Crippen molar-refractivity contribution in [2.24, 2.45) is 11.3 Å². The fourth-order valence-electron chi connectivity index (χ4n) is 5.09. The molecule has 1 aromatic carbocycles. The fraction of sp³-hybridized carbons (Fsp3) is 0.522. The van der Waals surface area contributed by atoms with Gasteiger partial charge in [-0.05, 0) is 62.3 Å². The summed E-state index contributed by atoms with van der Waals surface area (Å²) in [6, 6.07) is 4.82. The van der Waals surface area contributed by atoms with Crippen LogP contribution < -0.4 is 10.1 Å². The Morgan fingerprint density at radius 1 is 1.12 bits per heavy atom. The molecule has 3 heterocycles. The number of fused-ring (bicyclic) bond motifs is 1. The van der Waals surface area contributed by atoms with Gasteiger partial charge >= 0.3 is 6.18 Å². The highest BCUT2D eigenvalue weighted by molar-refractivity contribution is 5.92. The van der Waals surface area contributed by atoms with Crippen molar-refractivity contribution in [2.75, 3.05) is 13.1 Å². The van der Waals surface area contributed by atoms with Crippen molar-refractivity contribution in [1.29, 1.82) is 0 Å². The first-order chi connectivity index (χ1) is 15.4. The van der Waals surface area contributed by atoms with Crippen molar-refractivity contribution in [2.45, 2.75) is 50.3 Å². The van der Waals surface area contributed by atoms with Gasteiger partial charge in [0.25, 0.3) is 0 Å². The molecule has 1 aliphatic heterocycles. The third-order valence-electron chi connectivity index (χ3n) is 7.21. The molecular formula is C23H24F3N5O. The lowest BCUT2D eigenvalue weighted by Crippen LogP contribution is -2.45. The lowest BCUT2D eigenvalue weighted by atomic mass is 9.91. The number of alkyl halides is 3. The van der Waals surface area contributed by atoms with E-state index in [1.165, 1.54) is 12.8 Å². The van der Waals surface area contributed by atoms with Crippen molar-refractivity contribution in [3.8, 4) is 17.3 Å². The predicted octanol–water partition coefficient (Wildman–Crippen LogP) is 4.60. The van der Waals surface area contributed by atoms with Crippen molar-refractivity contribution < 1.29 is 17.9 Å². The van der Waals surface area contributed by atoms with Gasteiger partial charge in [-0.15, -0.1) is 0 Å². The molecule has 0 radical (unpaired) electrons. The van der Waals surface area contributed by atoms with Gasteiger partial charge in [0, 0.05) is 17.3 Å². The Labute approximate surface area is 183 Å². The quantitative estimate of drug-likeness (QED) is 0.603. The predicted molar refractivity (Wildman–Crippen MR) is 112 cm³/mol. The molecule has 0 bridgehead atoms. The molecule has 1 unspecified atom stereocenters. The molecule has 1 spiro atoms. The maximum absolute atomic E-state index is 13.7. The third-order valence-corrected chi connectivity index (χ3v) is 7.21. The molecule has 2 atom stereocenters. The van der Waals surface area contributed by atoms with Crippen LogP contribution in [0.25, 0.3) is 22.3 Å². The molecule has 6 nitrogen and oxygen atoms in total. The molecule has 1 saturated heterocycles. The SMILES string of the molecule is FC(F)(F)C(c1ccc2[nH]nc(-c3cncc(O[C@H]4CNCCC45CC5)n3)c2c1)C1CC1. The Balaban J connectivity index is 1.33. The first kappa shape index (κ1) is 20.0. The zero-order chi connectivity index (χ0) is 21.9. The summed E-state index contributed by atoms with van der Waals surface area (Å²) >= 11 is 0. The zero-order valence-corrected chi connectivity index (χ0v) is 17.5. The van der Waals surface area contributed by atoms with E-state index >= 15 is 0 Å². The number of aromatic nitrogens is 4. The number of hydrogen-bond donors (Lipinski definition) is 2. The standard InChI is InChI=1S/C23H24F3N5O/c24-23(25,26)20(13-1-2-13)14-3-4-16-15(9-14)21(31-30-16)17-10-28-12-19(29-17)32-18-11-27-8-7-22(18)5-6-22/h3-4,9-10,12-13,18,20,27H,1-2,5-8,11H2,(H,30,31)/t18-,20?/m0/s1. The largest absolute Gasteiger partial charge is 0.471 e. The smallest absolute Gasteiger partial charge is 0.396 e. The van der Waals surface area contributed by atoms with Crippen LogP contribution >= 0.6 is 0 Å². The number of piperidine rings is 1. The molecule has 6 rings (SSSR count). The van der Waals surface area contributed by atoms with Gasteiger partial charge in [-0.2, -0.15) is 18.3 Å². The second kappa shape index (κ2) is 7.16. The second-order valence-electron chi connectivity index (χ2n) is 9.40. The minimum Gasteiger partial charge on any atom is -0.471 e. The summed E-state index contributed by atoms with van der Waals surface area (Å²) < 4.78 is 47.4. The van der Waals surface area contributed by atoms with E-state index in [1.807, 2.05) is 0 Å². The van der Waals surface area contributed by atoms with Crippen LogP contribution in [0.3, 0.4) is 0 Å². The third kappa shape index (κ3) is 3.52. The normalized spacial score (nSPS) is 23.4. The summed E-state index contributed by atoms with van der Waals surface area (Å²) in [5.74, 6) is -1.36. The van der Waals surface area contributed by atoms with E-state index in [2.05, 4.69) is 25.5 Å². The number of nitrogens with zero attached hydrogens (tertiary/aromatic N) is 3. The van der Waals surface area contributed by atoms with Gasteiger partial charge in [0.2, 0.25) is 5.88 Å². The van der Waals surface area contributed by atoms with Crippen LogP contribution in [-0.2, 0) is 0 Å². The van der Waals surface area contributed by atoms with Gasteiger partial charge in [-0.25, -0.2) is 4.98 Å². The molecule has 2 aliphatic carbocycles. The molecule has 9 heteroatoms. The first-order valence-electron chi connectivity index (χ1n) is 11.2. The molecule has 32 heavy (non-hydrogen) atoms. The highest BCUT2D eigenvalue weighted by Gasteiger charge is 2.52. The number of nitrogens with one attached hydrogen (secondary N) is 2. The molecule has 2 saturated carbocycles. The molecular weight excluding hydrogens is 419 g/mol. The van der Waals surface area contributed by atoms with E-state index in [1.54, 1.807) is 30.6 Å². The highest BCUT2D eigenvalue weighted by atomic mass is 19.4. The molecule has 2 N–H and O–H groups in total. The van der Waals surface area contributed by atoms with Crippen molar-refractivity contribution in [3.05, 3.63) is 36.2 Å². The minimum atomic E-state index is -4.26. The van der Waals surface area contributed by atoms with Gasteiger partial charge < -0.3 is 10.1 Å². The topological polar surface area (TPSA) is 75.7 Å². The highest BCUT2D eigenvalue weighted by Crippen LogP contribution is 2.54. The van der Waals surface area contributed by atoms with Crippen LogP contribution in [0, 0.1) is 11.3 Å². The molecule has 3 fully saturated rings. The van der Waals surface area contributed by atoms with Crippen LogP contribution in [-0.4, -0.2) is 45.5 Å². The van der Waals surface area contributed by atoms with Crippen molar-refractivity contribution in [1.82, 2.24) is 25.5 Å². The lowest BCUT2D eigenvalue weighted by Gasteiger charge is -2.32. The minimum absolute atomic E-state index is 0.0504. The van der Waals surface area contributed by atoms with Crippen LogP contribution in [0.15, 0.2) is 30.6 Å². The Morgan fingerprint density at radius 3 is 2.72 bits per heavy atom. The first-order valence-corrected chi connectivity index (χ1v) is 11.2. The fourth-order valence-corrected chi connectivity index (χ4v) is 5.09. The molecule has 3 aliphatic rings. The zero-order valence-electron chi connectivity index (χ0n) is 17.5. The van der Waals surface area contributed by atoms with Crippen molar-refractivity contribution in [3.63, 3.8) is 0 Å². The van der Waals surface area contributed by atoms with Crippen LogP contribution in [0.1, 0.15) is 43.6 Å². The van der Waals surface area contributed by atoms with Gasteiger partial charge in [-0.3, -0.25) is 10.1 Å². The Hall–Kier alpha value is -2.68. The number of halogens is 3. The van der Waals surface area contributed by atoms with Gasteiger partial charge in [-0.1, -0.05) is 6.07 Å². The maximum Gasteiger partial charge on any atom is 0.396 e. The second-order valence-corrected chi connectivity index (χ2v) is 9.40. The maximum atomic E-state index is 13.7. The van der Waals surface area contributed by atoms with E-state index in [0.717, 1.165) is 19.5 Å². The number of aromatic amines is 1. The average molecular weight is 443 g/mol. The summed E-state index contributed by atoms with van der Waals surface area (Å²) in [5.41, 5.74) is 2.15. The van der Waals surface area contributed by atoms with E-state index in [9.17, 15) is 13.2 Å². The van der Waals surface area contributed by atoms with Crippen LogP contribution in [0.2, 0.25) is 0 Å². The summed E-state index contributed by atoms with van der Waals surface area (Å²) in [6.45, 7) is 1.79. The number of rotatable bonds is 5. The van der Waals surface area contributed by atoms with E-state index < -0.39 is 12.1 Å². The van der Waals surface area contributed by atoms with E-state index in [0.29, 0.717) is 41.0 Å². The number of benzene rings is 1. The van der Waals surface area contributed by atoms with Crippen molar-refractivity contribution >= 4 is 10.9 Å². The molecule has 0 amide bonds. The Bertz CT molecular complexity index is 1150.